The van der Waals surface area contributed by atoms with Crippen LogP contribution in [0.1, 0.15) is 20.7 Å². The van der Waals surface area contributed by atoms with Crippen LogP contribution >= 0.6 is 22.7 Å². The third-order valence-corrected chi connectivity index (χ3v) is 8.17. The van der Waals surface area contributed by atoms with E-state index in [4.69, 9.17) is 28.4 Å². The summed E-state index contributed by atoms with van der Waals surface area (Å²) in [5.41, 5.74) is 2.23. The van der Waals surface area contributed by atoms with Crippen LogP contribution in [0.2, 0.25) is 0 Å². The van der Waals surface area contributed by atoms with Gasteiger partial charge in [0.05, 0.1) is 39.6 Å². The average molecular weight is 703 g/mol. The standard InChI is InChI=1S/2C17H14N2O4S.H2O/c2*1-21-13-9-5-3-7-11(13)15-18-19-17(24-15)23-16(20)12-8-4-6-10-14(12)22-2;/h2*3-10H,1-2H3;1H2. The summed E-state index contributed by atoms with van der Waals surface area (Å²) in [5.74, 6) is 1.15. The monoisotopic (exact) mass is 702 g/mol. The first-order valence-electron chi connectivity index (χ1n) is 14.1. The number of nitrogens with zero attached hydrogens (tertiary/aromatic N) is 4. The first-order chi connectivity index (χ1) is 23.4. The fourth-order valence-corrected chi connectivity index (χ4v) is 5.71. The van der Waals surface area contributed by atoms with Crippen LogP contribution in [0.5, 0.6) is 33.4 Å². The van der Waals surface area contributed by atoms with Crippen LogP contribution in [-0.2, 0) is 0 Å². The molecular weight excluding hydrogens is 673 g/mol. The lowest BCUT2D eigenvalue weighted by molar-refractivity contribution is 0.0719. The first kappa shape index (κ1) is 35.9. The SMILES string of the molecule is COc1ccccc1C(=O)Oc1nnc(-c2ccccc2OC)s1.COc1ccccc1C(=O)Oc1nnc(-c2ccccc2OC)s1.O. The van der Waals surface area contributed by atoms with Crippen LogP contribution < -0.4 is 28.4 Å². The van der Waals surface area contributed by atoms with E-state index in [-0.39, 0.29) is 15.9 Å². The minimum atomic E-state index is -0.546. The number of esters is 2. The van der Waals surface area contributed by atoms with Gasteiger partial charge in [0.15, 0.2) is 10.0 Å². The molecule has 15 heteroatoms. The number of hydrogen-bond acceptors (Lipinski definition) is 14. The Morgan fingerprint density at radius 1 is 0.469 bits per heavy atom. The van der Waals surface area contributed by atoms with E-state index in [1.54, 1.807) is 62.8 Å². The molecule has 49 heavy (non-hydrogen) atoms. The molecule has 0 radical (unpaired) electrons. The lowest BCUT2D eigenvalue weighted by Crippen LogP contribution is -2.09. The second-order valence-electron chi connectivity index (χ2n) is 9.33. The molecule has 252 valence electrons. The maximum absolute atomic E-state index is 12.3. The Morgan fingerprint density at radius 2 is 0.796 bits per heavy atom. The van der Waals surface area contributed by atoms with Gasteiger partial charge in [-0.2, -0.15) is 0 Å². The third kappa shape index (κ3) is 8.72. The molecule has 0 spiro atoms. The fourth-order valence-electron chi connectivity index (χ4n) is 4.26. The van der Waals surface area contributed by atoms with Gasteiger partial charge in [0.2, 0.25) is 0 Å². The van der Waals surface area contributed by atoms with Crippen LogP contribution in [0.3, 0.4) is 0 Å². The zero-order valence-electron chi connectivity index (χ0n) is 26.6. The first-order valence-corrected chi connectivity index (χ1v) is 15.7. The highest BCUT2D eigenvalue weighted by molar-refractivity contribution is 7.16. The normalized spacial score (nSPS) is 10.0. The largest absolute Gasteiger partial charge is 0.496 e. The van der Waals surface area contributed by atoms with E-state index in [2.05, 4.69) is 20.4 Å². The van der Waals surface area contributed by atoms with Crippen molar-refractivity contribution in [1.82, 2.24) is 20.4 Å². The van der Waals surface area contributed by atoms with Crippen LogP contribution in [0.4, 0.5) is 0 Å². The van der Waals surface area contributed by atoms with E-state index in [1.807, 2.05) is 48.5 Å². The van der Waals surface area contributed by atoms with Gasteiger partial charge < -0.3 is 33.9 Å². The molecule has 0 amide bonds. The lowest BCUT2D eigenvalue weighted by Gasteiger charge is -2.05. The van der Waals surface area contributed by atoms with E-state index >= 15 is 0 Å². The van der Waals surface area contributed by atoms with Crippen LogP contribution in [0, 0.1) is 0 Å². The number of ether oxygens (including phenoxy) is 6. The summed E-state index contributed by atoms with van der Waals surface area (Å²) in [5, 5.41) is 17.5. The Morgan fingerprint density at radius 3 is 1.16 bits per heavy atom. The molecule has 2 aromatic heterocycles. The molecule has 4 aromatic carbocycles. The number of hydrogen-bond donors (Lipinski definition) is 0. The molecular formula is C34H30N4O9S2. The predicted octanol–water partition coefficient (Wildman–Crippen LogP) is 6.06. The van der Waals surface area contributed by atoms with Crippen molar-refractivity contribution in [1.29, 1.82) is 0 Å². The maximum Gasteiger partial charge on any atom is 0.349 e. The van der Waals surface area contributed by atoms with Crippen molar-refractivity contribution in [2.24, 2.45) is 0 Å². The zero-order valence-corrected chi connectivity index (χ0v) is 28.2. The van der Waals surface area contributed by atoms with Crippen molar-refractivity contribution < 1.29 is 43.5 Å². The van der Waals surface area contributed by atoms with E-state index in [1.165, 1.54) is 36.9 Å². The molecule has 0 bridgehead atoms. The van der Waals surface area contributed by atoms with Crippen molar-refractivity contribution in [2.45, 2.75) is 0 Å². The molecule has 2 N–H and O–H groups in total. The highest BCUT2D eigenvalue weighted by atomic mass is 32.1. The summed E-state index contributed by atoms with van der Waals surface area (Å²) in [6, 6.07) is 28.5. The molecule has 6 rings (SSSR count). The average Bonchev–Trinajstić information content (AvgIpc) is 3.81. The topological polar surface area (TPSA) is 173 Å². The van der Waals surface area contributed by atoms with Gasteiger partial charge in [-0.1, -0.05) is 81.4 Å². The number of aromatic nitrogens is 4. The van der Waals surface area contributed by atoms with Crippen LogP contribution in [0.25, 0.3) is 21.1 Å². The Kier molecular flexibility index (Phi) is 12.7. The fraction of sp³-hybridized carbons (Fsp3) is 0.118. The van der Waals surface area contributed by atoms with Gasteiger partial charge >= 0.3 is 22.3 Å². The number of carbonyl (C=O) groups excluding carboxylic acids is 2. The second-order valence-corrected chi connectivity index (χ2v) is 11.2. The number of carbonyl (C=O) groups is 2. The van der Waals surface area contributed by atoms with Gasteiger partial charge in [-0.05, 0) is 48.5 Å². The van der Waals surface area contributed by atoms with Gasteiger partial charge in [0, 0.05) is 0 Å². The van der Waals surface area contributed by atoms with Gasteiger partial charge in [0.25, 0.3) is 0 Å². The molecule has 0 atom stereocenters. The molecule has 0 aliphatic carbocycles. The van der Waals surface area contributed by atoms with Gasteiger partial charge in [-0.15, -0.1) is 10.2 Å². The number of para-hydroxylation sites is 4. The molecule has 2 heterocycles. The highest BCUT2D eigenvalue weighted by Gasteiger charge is 2.19. The van der Waals surface area contributed by atoms with Crippen molar-refractivity contribution >= 4 is 34.6 Å². The zero-order chi connectivity index (χ0) is 33.9. The molecule has 0 aliphatic rings. The molecule has 0 saturated heterocycles. The quantitative estimate of drug-likeness (QED) is 0.151. The van der Waals surface area contributed by atoms with Gasteiger partial charge in [0.1, 0.15) is 34.1 Å². The third-order valence-electron chi connectivity index (χ3n) is 6.50. The van der Waals surface area contributed by atoms with E-state index in [0.29, 0.717) is 44.1 Å². The van der Waals surface area contributed by atoms with Crippen LogP contribution in [0.15, 0.2) is 97.1 Å². The Hall–Kier alpha value is -5.90. The summed E-state index contributed by atoms with van der Waals surface area (Å²) in [7, 11) is 6.17. The van der Waals surface area contributed by atoms with Crippen LogP contribution in [-0.4, -0.2) is 66.2 Å². The molecule has 0 aliphatic heterocycles. The predicted molar refractivity (Wildman–Crippen MR) is 183 cm³/mol. The second kappa shape index (κ2) is 17.3. The molecule has 0 unspecified atom stereocenters. The number of methoxy groups -OCH3 is 4. The van der Waals surface area contributed by atoms with Gasteiger partial charge in [-0.3, -0.25) is 0 Å². The minimum Gasteiger partial charge on any atom is -0.496 e. The Bertz CT molecular complexity index is 1870. The van der Waals surface area contributed by atoms with Crippen molar-refractivity contribution in [3.8, 4) is 54.5 Å². The summed E-state index contributed by atoms with van der Waals surface area (Å²) < 4.78 is 31.5. The summed E-state index contributed by atoms with van der Waals surface area (Å²) in [4.78, 5) is 24.5. The van der Waals surface area contributed by atoms with E-state index < -0.39 is 11.9 Å². The van der Waals surface area contributed by atoms with Crippen molar-refractivity contribution in [3.05, 3.63) is 108 Å². The molecule has 13 nitrogen and oxygen atoms in total. The summed E-state index contributed by atoms with van der Waals surface area (Å²) >= 11 is 2.33. The maximum atomic E-state index is 12.3. The smallest absolute Gasteiger partial charge is 0.349 e. The molecule has 0 fully saturated rings. The minimum absolute atomic E-state index is 0. The van der Waals surface area contributed by atoms with Crippen molar-refractivity contribution in [2.75, 3.05) is 28.4 Å². The van der Waals surface area contributed by atoms with E-state index in [0.717, 1.165) is 11.1 Å². The summed E-state index contributed by atoms with van der Waals surface area (Å²) in [6.07, 6.45) is 0. The molecule has 0 saturated carbocycles. The van der Waals surface area contributed by atoms with Gasteiger partial charge in [-0.25, -0.2) is 9.59 Å². The lowest BCUT2D eigenvalue weighted by atomic mass is 10.2. The summed E-state index contributed by atoms with van der Waals surface area (Å²) in [6.45, 7) is 0. The number of benzene rings is 4. The number of rotatable bonds is 10. The Labute approximate surface area is 288 Å². The highest BCUT2D eigenvalue weighted by Crippen LogP contribution is 2.36. The van der Waals surface area contributed by atoms with Crippen molar-refractivity contribution in [3.63, 3.8) is 0 Å². The Balaban J connectivity index is 0.000000216. The van der Waals surface area contributed by atoms with E-state index in [9.17, 15) is 9.59 Å². The molecule has 6 aromatic rings.